The number of hydrogen-bond donors (Lipinski definition) is 1. The molecule has 6 heteroatoms. The molecule has 1 aromatic heterocycles. The number of nitrogens with one attached hydrogen (secondary N) is 1. The summed E-state index contributed by atoms with van der Waals surface area (Å²) in [5.41, 5.74) is 2.40. The van der Waals surface area contributed by atoms with E-state index in [9.17, 15) is 4.79 Å². The largest absolute Gasteiger partial charge is 0.497 e. The van der Waals surface area contributed by atoms with Crippen molar-refractivity contribution in [2.24, 2.45) is 0 Å². The number of carbonyl (C=O) groups is 1. The number of methoxy groups -OCH3 is 2. The van der Waals surface area contributed by atoms with Crippen LogP contribution in [0.25, 0.3) is 10.6 Å². The van der Waals surface area contributed by atoms with E-state index < -0.39 is 0 Å². The van der Waals surface area contributed by atoms with Gasteiger partial charge in [-0.15, -0.1) is 11.3 Å². The van der Waals surface area contributed by atoms with Crippen LogP contribution >= 0.6 is 11.3 Å². The van der Waals surface area contributed by atoms with Crippen LogP contribution in [-0.4, -0.2) is 25.1 Å². The highest BCUT2D eigenvalue weighted by atomic mass is 32.1. The highest BCUT2D eigenvalue weighted by molar-refractivity contribution is 7.13. The molecule has 1 amide bonds. The monoisotopic (exact) mass is 354 g/mol. The van der Waals surface area contributed by atoms with Crippen molar-refractivity contribution in [3.63, 3.8) is 0 Å². The number of rotatable bonds is 6. The second kappa shape index (κ2) is 7.81. The van der Waals surface area contributed by atoms with Crippen LogP contribution in [0.5, 0.6) is 11.5 Å². The van der Waals surface area contributed by atoms with Crippen LogP contribution in [0.3, 0.4) is 0 Å². The molecule has 0 unspecified atom stereocenters. The molecule has 0 saturated carbocycles. The van der Waals surface area contributed by atoms with Gasteiger partial charge in [-0.3, -0.25) is 4.79 Å². The Bertz CT molecular complexity index is 862. The van der Waals surface area contributed by atoms with E-state index in [0.29, 0.717) is 17.2 Å². The zero-order valence-corrected chi connectivity index (χ0v) is 14.8. The van der Waals surface area contributed by atoms with Gasteiger partial charge in [-0.05, 0) is 12.1 Å². The number of carbonyl (C=O) groups excluding carboxylic acids is 1. The van der Waals surface area contributed by atoms with Gasteiger partial charge in [-0.2, -0.15) is 0 Å². The zero-order chi connectivity index (χ0) is 17.6. The molecule has 25 heavy (non-hydrogen) atoms. The smallest absolute Gasteiger partial charge is 0.230 e. The van der Waals surface area contributed by atoms with Gasteiger partial charge in [0.15, 0.2) is 0 Å². The van der Waals surface area contributed by atoms with Gasteiger partial charge in [0.1, 0.15) is 16.5 Å². The van der Waals surface area contributed by atoms with Crippen molar-refractivity contribution in [2.75, 3.05) is 19.5 Å². The molecule has 0 fully saturated rings. The maximum atomic E-state index is 12.3. The first-order valence-electron chi connectivity index (χ1n) is 7.71. The van der Waals surface area contributed by atoms with Gasteiger partial charge in [0.25, 0.3) is 0 Å². The quantitative estimate of drug-likeness (QED) is 0.727. The van der Waals surface area contributed by atoms with Gasteiger partial charge in [-0.1, -0.05) is 30.3 Å². The number of ether oxygens (including phenoxy) is 2. The second-order valence-corrected chi connectivity index (χ2v) is 6.16. The van der Waals surface area contributed by atoms with Gasteiger partial charge < -0.3 is 14.8 Å². The van der Waals surface area contributed by atoms with Crippen molar-refractivity contribution >= 4 is 22.9 Å². The van der Waals surface area contributed by atoms with Crippen molar-refractivity contribution in [1.29, 1.82) is 0 Å². The van der Waals surface area contributed by atoms with Crippen LogP contribution in [0.15, 0.2) is 53.9 Å². The molecule has 0 atom stereocenters. The van der Waals surface area contributed by atoms with E-state index in [-0.39, 0.29) is 12.3 Å². The van der Waals surface area contributed by atoms with Crippen LogP contribution < -0.4 is 14.8 Å². The summed E-state index contributed by atoms with van der Waals surface area (Å²) in [6.45, 7) is 0. The first-order chi connectivity index (χ1) is 12.2. The van der Waals surface area contributed by atoms with E-state index in [4.69, 9.17) is 9.47 Å². The number of anilines is 1. The van der Waals surface area contributed by atoms with Gasteiger partial charge in [-0.25, -0.2) is 4.98 Å². The highest BCUT2D eigenvalue weighted by Gasteiger charge is 2.12. The Morgan fingerprint density at radius 3 is 2.64 bits per heavy atom. The number of amides is 1. The molecule has 3 rings (SSSR count). The van der Waals surface area contributed by atoms with E-state index in [1.54, 1.807) is 32.4 Å². The van der Waals surface area contributed by atoms with E-state index in [2.05, 4.69) is 10.3 Å². The molecule has 5 nitrogen and oxygen atoms in total. The Balaban J connectivity index is 1.68. The minimum Gasteiger partial charge on any atom is -0.497 e. The Kier molecular flexibility index (Phi) is 5.30. The normalized spacial score (nSPS) is 10.3. The lowest BCUT2D eigenvalue weighted by atomic mass is 10.2. The number of hydrogen-bond acceptors (Lipinski definition) is 5. The van der Waals surface area contributed by atoms with Crippen molar-refractivity contribution in [2.45, 2.75) is 6.42 Å². The summed E-state index contributed by atoms with van der Waals surface area (Å²) >= 11 is 1.53. The molecule has 0 spiro atoms. The molecule has 0 aliphatic heterocycles. The number of benzene rings is 2. The average Bonchev–Trinajstić information content (AvgIpc) is 3.11. The molecule has 1 N–H and O–H groups in total. The first-order valence-corrected chi connectivity index (χ1v) is 8.59. The first kappa shape index (κ1) is 17.0. The Morgan fingerprint density at radius 2 is 1.92 bits per heavy atom. The lowest BCUT2D eigenvalue weighted by molar-refractivity contribution is -0.115. The maximum Gasteiger partial charge on any atom is 0.230 e. The minimum atomic E-state index is -0.145. The Labute approximate surface area is 150 Å². The summed E-state index contributed by atoms with van der Waals surface area (Å²) in [4.78, 5) is 16.9. The summed E-state index contributed by atoms with van der Waals surface area (Å²) < 4.78 is 10.4. The average molecular weight is 354 g/mol. The van der Waals surface area contributed by atoms with Crippen molar-refractivity contribution in [3.05, 3.63) is 59.6 Å². The standard InChI is InChI=1S/C19H18N2O3S/c1-23-15-8-9-16(17(11-15)24-2)21-18(22)10-14-12-25-19(20-14)13-6-4-3-5-7-13/h3-9,11-12H,10H2,1-2H3,(H,21,22). The fraction of sp³-hybridized carbons (Fsp3) is 0.158. The molecule has 0 aliphatic rings. The van der Waals surface area contributed by atoms with E-state index in [0.717, 1.165) is 16.3 Å². The van der Waals surface area contributed by atoms with Crippen molar-refractivity contribution < 1.29 is 14.3 Å². The molecule has 128 valence electrons. The number of aromatic nitrogens is 1. The molecule has 0 bridgehead atoms. The fourth-order valence-electron chi connectivity index (χ4n) is 2.36. The molecule has 0 saturated heterocycles. The van der Waals surface area contributed by atoms with Crippen molar-refractivity contribution in [3.8, 4) is 22.1 Å². The predicted molar refractivity (Wildman–Crippen MR) is 99.4 cm³/mol. The van der Waals surface area contributed by atoms with E-state index in [1.807, 2.05) is 35.7 Å². The van der Waals surface area contributed by atoms with E-state index >= 15 is 0 Å². The van der Waals surface area contributed by atoms with Crippen LogP contribution in [0.2, 0.25) is 0 Å². The van der Waals surface area contributed by atoms with Gasteiger partial charge in [0, 0.05) is 17.0 Å². The third-order valence-corrected chi connectivity index (χ3v) is 4.54. The summed E-state index contributed by atoms with van der Waals surface area (Å²) in [6, 6.07) is 15.2. The minimum absolute atomic E-state index is 0.145. The van der Waals surface area contributed by atoms with Gasteiger partial charge in [0.2, 0.25) is 5.91 Å². The molecule has 3 aromatic rings. The number of nitrogens with zero attached hydrogens (tertiary/aromatic N) is 1. The third-order valence-electron chi connectivity index (χ3n) is 3.60. The maximum absolute atomic E-state index is 12.3. The Morgan fingerprint density at radius 1 is 1.12 bits per heavy atom. The summed E-state index contributed by atoms with van der Waals surface area (Å²) in [5.74, 6) is 1.08. The summed E-state index contributed by atoms with van der Waals surface area (Å²) in [6.07, 6.45) is 0.207. The lowest BCUT2D eigenvalue weighted by Crippen LogP contribution is -2.15. The SMILES string of the molecule is COc1ccc(NC(=O)Cc2csc(-c3ccccc3)n2)c(OC)c1. The molecular formula is C19H18N2O3S. The van der Waals surface area contributed by atoms with Gasteiger partial charge >= 0.3 is 0 Å². The highest BCUT2D eigenvalue weighted by Crippen LogP contribution is 2.29. The number of thiazole rings is 1. The molecule has 1 heterocycles. The van der Waals surface area contributed by atoms with Crippen LogP contribution in [0, 0.1) is 0 Å². The third kappa shape index (κ3) is 4.16. The van der Waals surface area contributed by atoms with Gasteiger partial charge in [0.05, 0.1) is 32.0 Å². The van der Waals surface area contributed by atoms with Crippen LogP contribution in [-0.2, 0) is 11.2 Å². The van der Waals surface area contributed by atoms with Crippen LogP contribution in [0.4, 0.5) is 5.69 Å². The summed E-state index contributed by atoms with van der Waals surface area (Å²) in [5, 5.41) is 5.67. The fourth-order valence-corrected chi connectivity index (χ4v) is 3.19. The predicted octanol–water partition coefficient (Wildman–Crippen LogP) is 4.01. The topological polar surface area (TPSA) is 60.5 Å². The van der Waals surface area contributed by atoms with Crippen molar-refractivity contribution in [1.82, 2.24) is 4.98 Å². The second-order valence-electron chi connectivity index (χ2n) is 5.30. The molecular weight excluding hydrogens is 336 g/mol. The molecule has 0 radical (unpaired) electrons. The molecule has 0 aliphatic carbocycles. The summed E-state index contributed by atoms with van der Waals surface area (Å²) in [7, 11) is 3.14. The van der Waals surface area contributed by atoms with Crippen LogP contribution in [0.1, 0.15) is 5.69 Å². The zero-order valence-electron chi connectivity index (χ0n) is 14.0. The van der Waals surface area contributed by atoms with E-state index in [1.165, 1.54) is 11.3 Å². The molecule has 2 aromatic carbocycles. The Hall–Kier alpha value is -2.86. The lowest BCUT2D eigenvalue weighted by Gasteiger charge is -2.11.